The van der Waals surface area contributed by atoms with Gasteiger partial charge in [-0.15, -0.1) is 0 Å². The molecule has 1 N–H and O–H groups in total. The van der Waals surface area contributed by atoms with Crippen molar-refractivity contribution >= 4 is 17.5 Å². The molecule has 0 radical (unpaired) electrons. The largest absolute Gasteiger partial charge is 0.492 e. The van der Waals surface area contributed by atoms with Gasteiger partial charge in [-0.1, -0.05) is 57.5 Å². The highest BCUT2D eigenvalue weighted by Crippen LogP contribution is 2.25. The van der Waals surface area contributed by atoms with Crippen LogP contribution in [0.2, 0.25) is 5.02 Å². The van der Waals surface area contributed by atoms with Crippen molar-refractivity contribution in [3.8, 4) is 11.5 Å². The van der Waals surface area contributed by atoms with Gasteiger partial charge in [-0.25, -0.2) is 0 Å². The lowest BCUT2D eigenvalue weighted by molar-refractivity contribution is -0.128. The van der Waals surface area contributed by atoms with Gasteiger partial charge >= 0.3 is 0 Å². The molecule has 0 saturated heterocycles. The van der Waals surface area contributed by atoms with Crippen molar-refractivity contribution in [2.24, 2.45) is 0 Å². The molecule has 28 heavy (non-hydrogen) atoms. The SMILES string of the molecule is CCC(Oc1ccc(C(C)(C)C)cc1)C(=O)NCCOc1ccc(C)c(Cl)c1. The van der Waals surface area contributed by atoms with Crippen molar-refractivity contribution in [3.63, 3.8) is 0 Å². The van der Waals surface area contributed by atoms with Crippen LogP contribution in [0.4, 0.5) is 0 Å². The number of nitrogens with one attached hydrogen (secondary N) is 1. The first kappa shape index (κ1) is 22.1. The average molecular weight is 404 g/mol. The van der Waals surface area contributed by atoms with Crippen LogP contribution in [0.15, 0.2) is 42.5 Å². The summed E-state index contributed by atoms with van der Waals surface area (Å²) in [7, 11) is 0. The molecule has 1 unspecified atom stereocenters. The summed E-state index contributed by atoms with van der Waals surface area (Å²) in [5.41, 5.74) is 2.31. The number of halogens is 1. The fraction of sp³-hybridized carbons (Fsp3) is 0.435. The number of hydrogen-bond donors (Lipinski definition) is 1. The average Bonchev–Trinajstić information content (AvgIpc) is 2.65. The van der Waals surface area contributed by atoms with Crippen LogP contribution in [0.1, 0.15) is 45.2 Å². The number of benzene rings is 2. The van der Waals surface area contributed by atoms with E-state index in [2.05, 4.69) is 26.1 Å². The first-order chi connectivity index (χ1) is 13.2. The molecular weight excluding hydrogens is 374 g/mol. The van der Waals surface area contributed by atoms with Gasteiger partial charge in [-0.3, -0.25) is 4.79 Å². The molecule has 0 spiro atoms. The molecule has 0 aliphatic carbocycles. The van der Waals surface area contributed by atoms with Crippen molar-refractivity contribution in [2.75, 3.05) is 13.2 Å². The van der Waals surface area contributed by atoms with E-state index in [1.165, 1.54) is 5.56 Å². The van der Waals surface area contributed by atoms with Gasteiger partial charge in [0.1, 0.15) is 18.1 Å². The van der Waals surface area contributed by atoms with Crippen LogP contribution in [0.5, 0.6) is 11.5 Å². The number of rotatable bonds is 8. The van der Waals surface area contributed by atoms with Crippen LogP contribution < -0.4 is 14.8 Å². The molecule has 2 aromatic rings. The predicted octanol–water partition coefficient (Wildman–Crippen LogP) is 5.30. The lowest BCUT2D eigenvalue weighted by Crippen LogP contribution is -2.39. The van der Waals surface area contributed by atoms with Gasteiger partial charge in [0, 0.05) is 5.02 Å². The molecule has 0 heterocycles. The van der Waals surface area contributed by atoms with Crippen LogP contribution >= 0.6 is 11.6 Å². The van der Waals surface area contributed by atoms with E-state index in [4.69, 9.17) is 21.1 Å². The molecule has 0 bridgehead atoms. The molecule has 0 fully saturated rings. The third kappa shape index (κ3) is 6.45. The summed E-state index contributed by atoms with van der Waals surface area (Å²) >= 11 is 6.08. The van der Waals surface area contributed by atoms with E-state index < -0.39 is 6.10 Å². The molecule has 0 aromatic heterocycles. The van der Waals surface area contributed by atoms with Gasteiger partial charge in [0.25, 0.3) is 5.91 Å². The summed E-state index contributed by atoms with van der Waals surface area (Å²) in [5, 5.41) is 3.53. The molecule has 5 heteroatoms. The Morgan fingerprint density at radius 1 is 1.11 bits per heavy atom. The van der Waals surface area contributed by atoms with E-state index in [0.29, 0.717) is 36.1 Å². The molecular formula is C23H30ClNO3. The summed E-state index contributed by atoms with van der Waals surface area (Å²) < 4.78 is 11.5. The zero-order valence-electron chi connectivity index (χ0n) is 17.3. The van der Waals surface area contributed by atoms with E-state index in [0.717, 1.165) is 5.56 Å². The Bertz CT molecular complexity index is 781. The molecule has 152 valence electrons. The van der Waals surface area contributed by atoms with Gasteiger partial charge in [-0.05, 0) is 54.2 Å². The van der Waals surface area contributed by atoms with Gasteiger partial charge in [0.15, 0.2) is 6.10 Å². The van der Waals surface area contributed by atoms with Crippen molar-refractivity contribution in [1.29, 1.82) is 0 Å². The topological polar surface area (TPSA) is 47.6 Å². The smallest absolute Gasteiger partial charge is 0.261 e. The summed E-state index contributed by atoms with van der Waals surface area (Å²) in [5.74, 6) is 1.24. The van der Waals surface area contributed by atoms with Crippen LogP contribution in [0, 0.1) is 6.92 Å². The number of carbonyl (C=O) groups is 1. The maximum absolute atomic E-state index is 12.4. The molecule has 1 amide bonds. The second-order valence-electron chi connectivity index (χ2n) is 7.84. The highest BCUT2D eigenvalue weighted by Gasteiger charge is 2.19. The first-order valence-electron chi connectivity index (χ1n) is 9.64. The number of ether oxygens (including phenoxy) is 2. The fourth-order valence-electron chi connectivity index (χ4n) is 2.64. The summed E-state index contributed by atoms with van der Waals surface area (Å²) in [6.07, 6.45) is 0.0516. The molecule has 2 aromatic carbocycles. The van der Waals surface area contributed by atoms with Crippen molar-refractivity contribution in [3.05, 3.63) is 58.6 Å². The van der Waals surface area contributed by atoms with Gasteiger partial charge in [0.05, 0.1) is 6.54 Å². The van der Waals surface area contributed by atoms with E-state index in [1.807, 2.05) is 50.2 Å². The highest BCUT2D eigenvalue weighted by molar-refractivity contribution is 6.31. The molecule has 4 nitrogen and oxygen atoms in total. The van der Waals surface area contributed by atoms with Crippen molar-refractivity contribution < 1.29 is 14.3 Å². The maximum atomic E-state index is 12.4. The third-order valence-corrected chi connectivity index (χ3v) is 4.88. The first-order valence-corrected chi connectivity index (χ1v) is 10.0. The van der Waals surface area contributed by atoms with Crippen molar-refractivity contribution in [1.82, 2.24) is 5.32 Å². The van der Waals surface area contributed by atoms with Crippen LogP contribution in [-0.4, -0.2) is 25.2 Å². The molecule has 0 aliphatic heterocycles. The Balaban J connectivity index is 1.81. The number of amides is 1. The van der Waals surface area contributed by atoms with E-state index in [9.17, 15) is 4.79 Å². The maximum Gasteiger partial charge on any atom is 0.261 e. The molecule has 2 rings (SSSR count). The number of carbonyl (C=O) groups excluding carboxylic acids is 1. The Labute approximate surface area is 173 Å². The van der Waals surface area contributed by atoms with Crippen LogP contribution in [0.25, 0.3) is 0 Å². The standard InChI is InChI=1S/C23H30ClNO3/c1-6-21(28-18-11-8-17(9-12-18)23(3,4)5)22(26)25-13-14-27-19-10-7-16(2)20(24)15-19/h7-12,15,21H,6,13-14H2,1-5H3,(H,25,26). The van der Waals surface area contributed by atoms with Crippen LogP contribution in [-0.2, 0) is 10.2 Å². The Kier molecular flexibility index (Phi) is 7.76. The normalized spacial score (nSPS) is 12.4. The Morgan fingerprint density at radius 3 is 2.32 bits per heavy atom. The number of hydrogen-bond acceptors (Lipinski definition) is 3. The molecule has 1 atom stereocenters. The predicted molar refractivity (Wildman–Crippen MR) is 115 cm³/mol. The van der Waals surface area contributed by atoms with Gasteiger partial charge in [-0.2, -0.15) is 0 Å². The summed E-state index contributed by atoms with van der Waals surface area (Å²) in [4.78, 5) is 12.4. The highest BCUT2D eigenvalue weighted by atomic mass is 35.5. The second kappa shape index (κ2) is 9.83. The Morgan fingerprint density at radius 2 is 1.75 bits per heavy atom. The van der Waals surface area contributed by atoms with E-state index in [1.54, 1.807) is 6.07 Å². The minimum absolute atomic E-state index is 0.0851. The Hall–Kier alpha value is -2.20. The van der Waals surface area contributed by atoms with Crippen molar-refractivity contribution in [2.45, 2.75) is 52.6 Å². The monoisotopic (exact) mass is 403 g/mol. The van der Waals surface area contributed by atoms with Gasteiger partial charge in [0.2, 0.25) is 0 Å². The van der Waals surface area contributed by atoms with E-state index >= 15 is 0 Å². The lowest BCUT2D eigenvalue weighted by atomic mass is 9.87. The zero-order valence-corrected chi connectivity index (χ0v) is 18.1. The molecule has 0 aliphatic rings. The summed E-state index contributed by atoms with van der Waals surface area (Å²) in [6.45, 7) is 11.1. The quantitative estimate of drug-likeness (QED) is 0.608. The minimum Gasteiger partial charge on any atom is -0.492 e. The lowest BCUT2D eigenvalue weighted by Gasteiger charge is -2.21. The molecule has 0 saturated carbocycles. The number of aryl methyl sites for hydroxylation is 1. The van der Waals surface area contributed by atoms with Gasteiger partial charge < -0.3 is 14.8 Å². The van der Waals surface area contributed by atoms with Crippen LogP contribution in [0.3, 0.4) is 0 Å². The fourth-order valence-corrected chi connectivity index (χ4v) is 2.81. The minimum atomic E-state index is -0.533. The second-order valence-corrected chi connectivity index (χ2v) is 8.25. The van der Waals surface area contributed by atoms with E-state index in [-0.39, 0.29) is 11.3 Å². The zero-order chi connectivity index (χ0) is 20.7. The summed E-state index contributed by atoms with van der Waals surface area (Å²) in [6, 6.07) is 13.5. The third-order valence-electron chi connectivity index (χ3n) is 4.48.